The van der Waals surface area contributed by atoms with Crippen molar-refractivity contribution in [3.8, 4) is 5.40 Å². The molecule has 0 aromatic carbocycles. The lowest BCUT2D eigenvalue weighted by molar-refractivity contribution is 0.0687. The van der Waals surface area contributed by atoms with Crippen LogP contribution in [-0.4, -0.2) is 33.5 Å². The van der Waals surface area contributed by atoms with Crippen LogP contribution in [0, 0.1) is 10.7 Å². The molecule has 0 saturated carbocycles. The maximum atomic E-state index is 8.97. The molecule has 0 aliphatic rings. The molecule has 0 aromatic heterocycles. The number of rotatable bonds is 11. The Hall–Kier alpha value is -0.0631. The van der Waals surface area contributed by atoms with Crippen LogP contribution in [0.1, 0.15) is 47.0 Å². The zero-order valence-electron chi connectivity index (χ0n) is 11.9. The highest BCUT2D eigenvalue weighted by Crippen LogP contribution is 2.29. The molecule has 18 heavy (non-hydrogen) atoms. The summed E-state index contributed by atoms with van der Waals surface area (Å²) in [6, 6.07) is 0. The molecule has 4 nitrogen and oxygen atoms in total. The van der Waals surface area contributed by atoms with E-state index in [-0.39, 0.29) is 4.87 Å². The Morgan fingerprint density at radius 3 is 1.89 bits per heavy atom. The van der Waals surface area contributed by atoms with E-state index in [1.54, 1.807) is 0 Å². The van der Waals surface area contributed by atoms with Crippen LogP contribution in [0.3, 0.4) is 0 Å². The summed E-state index contributed by atoms with van der Waals surface area (Å²) >= 11 is 1.24. The number of hydrogen-bond donors (Lipinski definition) is 0. The van der Waals surface area contributed by atoms with Gasteiger partial charge in [0.15, 0.2) is 0 Å². The van der Waals surface area contributed by atoms with E-state index in [9.17, 15) is 0 Å². The molecule has 1 atom stereocenters. The molecule has 0 bridgehead atoms. The molecule has 1 unspecified atom stereocenters. The summed E-state index contributed by atoms with van der Waals surface area (Å²) in [7, 11) is -2.74. The monoisotopic (exact) mass is 291 g/mol. The number of thioether (sulfide) groups is 1. The molecule has 0 saturated heterocycles. The highest BCUT2D eigenvalue weighted by atomic mass is 32.2. The molecule has 0 heterocycles. The van der Waals surface area contributed by atoms with E-state index in [4.69, 9.17) is 18.5 Å². The molecule has 0 spiro atoms. The highest BCUT2D eigenvalue weighted by molar-refractivity contribution is 8.05. The van der Waals surface area contributed by atoms with Crippen molar-refractivity contribution in [1.29, 1.82) is 5.26 Å². The second kappa shape index (κ2) is 10.8. The Labute approximate surface area is 116 Å². The Kier molecular flexibility index (Phi) is 10.8. The second-order valence-corrected chi connectivity index (χ2v) is 7.92. The Bertz CT molecular complexity index is 231. The van der Waals surface area contributed by atoms with Crippen LogP contribution < -0.4 is 0 Å². The van der Waals surface area contributed by atoms with Crippen LogP contribution in [0.2, 0.25) is 0 Å². The molecule has 0 radical (unpaired) electrons. The van der Waals surface area contributed by atoms with Gasteiger partial charge in [0.05, 0.1) is 4.87 Å². The van der Waals surface area contributed by atoms with Crippen LogP contribution in [-0.2, 0) is 13.3 Å². The summed E-state index contributed by atoms with van der Waals surface area (Å²) in [4.78, 5) is 0.0160. The van der Waals surface area contributed by atoms with Gasteiger partial charge in [-0.25, -0.2) is 0 Å². The number of hydrogen-bond acceptors (Lipinski definition) is 5. The average molecular weight is 291 g/mol. The van der Waals surface area contributed by atoms with Gasteiger partial charge in [-0.05, 0) is 39.0 Å². The van der Waals surface area contributed by atoms with E-state index in [0.29, 0.717) is 19.8 Å². The first-order valence-corrected chi connectivity index (χ1v) is 9.35. The first-order valence-electron chi connectivity index (χ1n) is 6.67. The molecule has 0 N–H and O–H groups in total. The van der Waals surface area contributed by atoms with Crippen molar-refractivity contribution >= 4 is 20.6 Å². The fraction of sp³-hybridized carbons (Fsp3) is 0.917. The van der Waals surface area contributed by atoms with Crippen LogP contribution in [0.15, 0.2) is 0 Å². The molecule has 0 rings (SSSR count). The third kappa shape index (κ3) is 5.72. The van der Waals surface area contributed by atoms with Crippen LogP contribution in [0.4, 0.5) is 0 Å². The topological polar surface area (TPSA) is 51.5 Å². The van der Waals surface area contributed by atoms with Crippen LogP contribution >= 0.6 is 11.8 Å². The smallest absolute Gasteiger partial charge is 0.373 e. The minimum atomic E-state index is -2.74. The quantitative estimate of drug-likeness (QED) is 0.431. The van der Waals surface area contributed by atoms with Gasteiger partial charge in [0.1, 0.15) is 5.40 Å². The number of nitrogens with zero attached hydrogens (tertiary/aromatic N) is 1. The van der Waals surface area contributed by atoms with Gasteiger partial charge in [0.25, 0.3) is 0 Å². The van der Waals surface area contributed by atoms with Gasteiger partial charge >= 0.3 is 8.80 Å². The molecule has 0 aliphatic heterocycles. The number of unbranched alkanes of at least 4 members (excludes halogenated alkanes) is 1. The standard InChI is InChI=1S/C12H25NO3SSi/c1-5-9-10-12(17-11-13)18(14-6-2,15-7-3)16-8-4/h12H,5-10H2,1-4H3. The van der Waals surface area contributed by atoms with E-state index < -0.39 is 8.80 Å². The number of thiocyanates is 1. The Balaban J connectivity index is 4.95. The highest BCUT2D eigenvalue weighted by Gasteiger charge is 2.49. The molecular formula is C12H25NO3SSi. The van der Waals surface area contributed by atoms with Crippen LogP contribution in [0.25, 0.3) is 0 Å². The van der Waals surface area contributed by atoms with Crippen LogP contribution in [0.5, 0.6) is 0 Å². The van der Waals surface area contributed by atoms with Crippen molar-refractivity contribution in [2.45, 2.75) is 51.8 Å². The summed E-state index contributed by atoms with van der Waals surface area (Å²) < 4.78 is 17.5. The zero-order chi connectivity index (χ0) is 13.9. The van der Waals surface area contributed by atoms with Crippen molar-refractivity contribution in [2.75, 3.05) is 19.8 Å². The second-order valence-electron chi connectivity index (χ2n) is 3.74. The average Bonchev–Trinajstić information content (AvgIpc) is 2.35. The minimum Gasteiger partial charge on any atom is -0.373 e. The summed E-state index contributed by atoms with van der Waals surface area (Å²) in [5.41, 5.74) is 0. The van der Waals surface area contributed by atoms with Crippen molar-refractivity contribution < 1.29 is 13.3 Å². The van der Waals surface area contributed by atoms with E-state index in [1.165, 1.54) is 11.8 Å². The van der Waals surface area contributed by atoms with Gasteiger partial charge in [0.2, 0.25) is 0 Å². The fourth-order valence-corrected chi connectivity index (χ4v) is 6.10. The van der Waals surface area contributed by atoms with Gasteiger partial charge in [-0.3, -0.25) is 0 Å². The van der Waals surface area contributed by atoms with E-state index in [1.807, 2.05) is 20.8 Å². The largest absolute Gasteiger partial charge is 0.515 e. The third-order valence-corrected chi connectivity index (χ3v) is 7.44. The predicted molar refractivity (Wildman–Crippen MR) is 77.1 cm³/mol. The zero-order valence-corrected chi connectivity index (χ0v) is 13.7. The van der Waals surface area contributed by atoms with E-state index >= 15 is 0 Å². The van der Waals surface area contributed by atoms with Crippen molar-refractivity contribution in [2.24, 2.45) is 0 Å². The van der Waals surface area contributed by atoms with Gasteiger partial charge in [-0.2, -0.15) is 5.26 Å². The van der Waals surface area contributed by atoms with Crippen molar-refractivity contribution in [1.82, 2.24) is 0 Å². The first-order chi connectivity index (χ1) is 8.70. The van der Waals surface area contributed by atoms with Gasteiger partial charge < -0.3 is 13.3 Å². The fourth-order valence-electron chi connectivity index (χ4n) is 1.77. The summed E-state index contributed by atoms with van der Waals surface area (Å²) in [6.45, 7) is 9.62. The summed E-state index contributed by atoms with van der Waals surface area (Å²) in [5.74, 6) is 0. The molecule has 0 aliphatic carbocycles. The molecule has 0 aromatic rings. The maximum absolute atomic E-state index is 8.97. The van der Waals surface area contributed by atoms with E-state index in [0.717, 1.165) is 19.3 Å². The third-order valence-electron chi connectivity index (χ3n) is 2.45. The SMILES string of the molecule is CCCCC(SC#N)[Si](OCC)(OCC)OCC. The van der Waals surface area contributed by atoms with Crippen molar-refractivity contribution in [3.05, 3.63) is 0 Å². The molecule has 6 heteroatoms. The number of nitriles is 1. The van der Waals surface area contributed by atoms with Gasteiger partial charge in [0, 0.05) is 19.8 Å². The summed E-state index contributed by atoms with van der Waals surface area (Å²) in [5, 5.41) is 11.1. The lowest BCUT2D eigenvalue weighted by Gasteiger charge is -2.33. The first kappa shape index (κ1) is 17.9. The Morgan fingerprint density at radius 2 is 1.56 bits per heavy atom. The van der Waals surface area contributed by atoms with Gasteiger partial charge in [-0.1, -0.05) is 19.8 Å². The molecule has 0 amide bonds. The maximum Gasteiger partial charge on any atom is 0.515 e. The summed E-state index contributed by atoms with van der Waals surface area (Å²) in [6.07, 6.45) is 3.06. The van der Waals surface area contributed by atoms with E-state index in [2.05, 4.69) is 12.3 Å². The lowest BCUT2D eigenvalue weighted by Crippen LogP contribution is -2.55. The lowest BCUT2D eigenvalue weighted by atomic mass is 10.3. The van der Waals surface area contributed by atoms with Gasteiger partial charge in [-0.15, -0.1) is 0 Å². The molecule has 0 fully saturated rings. The normalized spacial score (nSPS) is 13.3. The Morgan fingerprint density at radius 1 is 1.06 bits per heavy atom. The molecule has 106 valence electrons. The minimum absolute atomic E-state index is 0.0160. The van der Waals surface area contributed by atoms with Crippen molar-refractivity contribution in [3.63, 3.8) is 0 Å². The molecular weight excluding hydrogens is 266 g/mol. The predicted octanol–water partition coefficient (Wildman–Crippen LogP) is 3.35.